The zero-order chi connectivity index (χ0) is 8.27. The summed E-state index contributed by atoms with van der Waals surface area (Å²) in [6, 6.07) is 0. The van der Waals surface area contributed by atoms with Gasteiger partial charge in [-0.2, -0.15) is 0 Å². The number of carbonyl (C=O) groups excluding carboxylic acids is 1. The first-order valence-corrected chi connectivity index (χ1v) is 3.34. The topological polar surface area (TPSA) is 55.1 Å². The van der Waals surface area contributed by atoms with Crippen LogP contribution in [0.1, 0.15) is 11.7 Å². The lowest BCUT2D eigenvalue weighted by Crippen LogP contribution is -2.19. The molecule has 0 spiro atoms. The summed E-state index contributed by atoms with van der Waals surface area (Å²) in [4.78, 5) is 14.6. The summed E-state index contributed by atoms with van der Waals surface area (Å²) in [5.41, 5.74) is 0. The Kier molecular flexibility index (Phi) is 2.25. The summed E-state index contributed by atoms with van der Waals surface area (Å²) in [6.07, 6.45) is 1.82. The first-order chi connectivity index (χ1) is 5.22. The van der Waals surface area contributed by atoms with E-state index in [0.29, 0.717) is 11.7 Å². The van der Waals surface area contributed by atoms with Gasteiger partial charge in [0.2, 0.25) is 5.91 Å². The van der Waals surface area contributed by atoms with Crippen molar-refractivity contribution >= 4 is 5.91 Å². The van der Waals surface area contributed by atoms with Gasteiger partial charge >= 0.3 is 0 Å². The fourth-order valence-electron chi connectivity index (χ4n) is 0.734. The zero-order valence-electron chi connectivity index (χ0n) is 6.55. The molecule has 1 amide bonds. The van der Waals surface area contributed by atoms with Crippen molar-refractivity contribution in [1.29, 1.82) is 0 Å². The fourth-order valence-corrected chi connectivity index (χ4v) is 0.734. The van der Waals surface area contributed by atoms with E-state index in [-0.39, 0.29) is 12.3 Å². The Morgan fingerprint density at radius 2 is 2.55 bits per heavy atom. The molecule has 1 N–H and O–H groups in total. The number of likely N-dealkylation sites (N-methyl/N-ethyl adjacent to an activating group) is 1. The van der Waals surface area contributed by atoms with Gasteiger partial charge in [0.25, 0.3) is 0 Å². The van der Waals surface area contributed by atoms with Crippen molar-refractivity contribution in [1.82, 2.24) is 10.3 Å². The Labute approximate surface area is 64.6 Å². The first kappa shape index (κ1) is 7.78. The quantitative estimate of drug-likeness (QED) is 0.665. The van der Waals surface area contributed by atoms with Gasteiger partial charge in [-0.1, -0.05) is 0 Å². The molecule has 1 heterocycles. The van der Waals surface area contributed by atoms with Crippen LogP contribution in [0.4, 0.5) is 0 Å². The largest absolute Gasteiger partial charge is 0.446 e. The maximum atomic E-state index is 10.8. The summed E-state index contributed by atoms with van der Waals surface area (Å²) >= 11 is 0. The van der Waals surface area contributed by atoms with E-state index in [0.717, 1.165) is 0 Å². The van der Waals surface area contributed by atoms with Crippen LogP contribution in [0.5, 0.6) is 0 Å². The average Bonchev–Trinajstić information content (AvgIpc) is 2.35. The molecule has 0 fully saturated rings. The molecule has 0 bridgehead atoms. The van der Waals surface area contributed by atoms with E-state index >= 15 is 0 Å². The molecule has 0 aliphatic heterocycles. The highest BCUT2D eigenvalue weighted by Gasteiger charge is 2.04. The van der Waals surface area contributed by atoms with Crippen LogP contribution in [0.15, 0.2) is 10.6 Å². The van der Waals surface area contributed by atoms with Crippen molar-refractivity contribution in [3.8, 4) is 0 Å². The molecule has 0 atom stereocenters. The number of nitrogens with zero attached hydrogens (tertiary/aromatic N) is 1. The SMILES string of the molecule is CNC(=O)Cc1cnc(C)o1. The Morgan fingerprint density at radius 1 is 1.82 bits per heavy atom. The Bertz CT molecular complexity index is 255. The molecule has 0 radical (unpaired) electrons. The van der Waals surface area contributed by atoms with Crippen molar-refractivity contribution < 1.29 is 9.21 Å². The number of aromatic nitrogens is 1. The Balaban J connectivity index is 2.57. The van der Waals surface area contributed by atoms with Crippen LogP contribution in [0.25, 0.3) is 0 Å². The van der Waals surface area contributed by atoms with Crippen molar-refractivity contribution in [3.63, 3.8) is 0 Å². The highest BCUT2D eigenvalue weighted by Crippen LogP contribution is 2.01. The fraction of sp³-hybridized carbons (Fsp3) is 0.429. The normalized spacial score (nSPS) is 9.64. The summed E-state index contributed by atoms with van der Waals surface area (Å²) in [6.45, 7) is 1.74. The van der Waals surface area contributed by atoms with Gasteiger partial charge in [-0.15, -0.1) is 0 Å². The second-order valence-corrected chi connectivity index (χ2v) is 2.20. The number of rotatable bonds is 2. The molecule has 4 nitrogen and oxygen atoms in total. The predicted octanol–water partition coefficient (Wildman–Crippen LogP) is 0.272. The lowest BCUT2D eigenvalue weighted by Gasteiger charge is -1.93. The van der Waals surface area contributed by atoms with E-state index in [4.69, 9.17) is 4.42 Å². The molecular formula is C7H10N2O2. The lowest BCUT2D eigenvalue weighted by atomic mass is 10.3. The molecule has 1 rings (SSSR count). The number of oxazole rings is 1. The maximum Gasteiger partial charge on any atom is 0.227 e. The predicted molar refractivity (Wildman–Crippen MR) is 39.0 cm³/mol. The van der Waals surface area contributed by atoms with Crippen LogP contribution in [0.3, 0.4) is 0 Å². The monoisotopic (exact) mass is 154 g/mol. The van der Waals surface area contributed by atoms with Gasteiger partial charge in [0.15, 0.2) is 5.89 Å². The third-order valence-corrected chi connectivity index (χ3v) is 1.28. The van der Waals surface area contributed by atoms with Gasteiger partial charge in [0.1, 0.15) is 5.76 Å². The minimum atomic E-state index is -0.0684. The van der Waals surface area contributed by atoms with Gasteiger partial charge in [0.05, 0.1) is 12.6 Å². The van der Waals surface area contributed by atoms with Gasteiger partial charge in [-0.05, 0) is 0 Å². The highest BCUT2D eigenvalue weighted by molar-refractivity contribution is 5.77. The van der Waals surface area contributed by atoms with Crippen molar-refractivity contribution in [3.05, 3.63) is 17.8 Å². The molecule has 0 aliphatic rings. The minimum Gasteiger partial charge on any atom is -0.446 e. The summed E-state index contributed by atoms with van der Waals surface area (Å²) in [7, 11) is 1.59. The molecule has 0 saturated heterocycles. The van der Waals surface area contributed by atoms with Crippen molar-refractivity contribution in [2.24, 2.45) is 0 Å². The zero-order valence-corrected chi connectivity index (χ0v) is 6.55. The van der Waals surface area contributed by atoms with Crippen LogP contribution in [-0.4, -0.2) is 17.9 Å². The molecule has 0 aromatic carbocycles. The number of carbonyl (C=O) groups is 1. The third kappa shape index (κ3) is 2.07. The second-order valence-electron chi connectivity index (χ2n) is 2.20. The van der Waals surface area contributed by atoms with Crippen LogP contribution >= 0.6 is 0 Å². The second kappa shape index (κ2) is 3.18. The number of amides is 1. The average molecular weight is 154 g/mol. The highest BCUT2D eigenvalue weighted by atomic mass is 16.4. The van der Waals surface area contributed by atoms with E-state index in [2.05, 4.69) is 10.3 Å². The number of nitrogens with one attached hydrogen (secondary N) is 1. The van der Waals surface area contributed by atoms with E-state index in [1.807, 2.05) is 0 Å². The first-order valence-electron chi connectivity index (χ1n) is 3.34. The molecule has 11 heavy (non-hydrogen) atoms. The Morgan fingerprint density at radius 3 is 3.00 bits per heavy atom. The van der Waals surface area contributed by atoms with Crippen LogP contribution in [0, 0.1) is 6.92 Å². The molecule has 1 aromatic heterocycles. The molecule has 0 aliphatic carbocycles. The lowest BCUT2D eigenvalue weighted by molar-refractivity contribution is -0.120. The number of aryl methyl sites for hydroxylation is 1. The minimum absolute atomic E-state index is 0.0684. The van der Waals surface area contributed by atoms with Gasteiger partial charge in [-0.25, -0.2) is 4.98 Å². The van der Waals surface area contributed by atoms with Crippen LogP contribution < -0.4 is 5.32 Å². The summed E-state index contributed by atoms with van der Waals surface area (Å²) < 4.78 is 5.08. The van der Waals surface area contributed by atoms with Crippen molar-refractivity contribution in [2.75, 3.05) is 7.05 Å². The maximum absolute atomic E-state index is 10.8. The smallest absolute Gasteiger partial charge is 0.227 e. The van der Waals surface area contributed by atoms with E-state index in [1.165, 1.54) is 0 Å². The summed E-state index contributed by atoms with van der Waals surface area (Å²) in [5.74, 6) is 1.12. The molecule has 0 unspecified atom stereocenters. The summed E-state index contributed by atoms with van der Waals surface area (Å²) in [5, 5.41) is 2.50. The Hall–Kier alpha value is -1.32. The van der Waals surface area contributed by atoms with Gasteiger partial charge in [-0.3, -0.25) is 4.79 Å². The van der Waals surface area contributed by atoms with Crippen molar-refractivity contribution in [2.45, 2.75) is 13.3 Å². The number of hydrogen-bond acceptors (Lipinski definition) is 3. The molecule has 1 aromatic rings. The van der Waals surface area contributed by atoms with E-state index in [9.17, 15) is 4.79 Å². The molecule has 0 saturated carbocycles. The standard InChI is InChI=1S/C7H10N2O2/c1-5-9-4-6(11-5)3-7(10)8-2/h4H,3H2,1-2H3,(H,8,10). The molecule has 4 heteroatoms. The van der Waals surface area contributed by atoms with Crippen LogP contribution in [-0.2, 0) is 11.2 Å². The number of hydrogen-bond donors (Lipinski definition) is 1. The molecule has 60 valence electrons. The van der Waals surface area contributed by atoms with E-state index < -0.39 is 0 Å². The van der Waals surface area contributed by atoms with Gasteiger partial charge < -0.3 is 9.73 Å². The van der Waals surface area contributed by atoms with E-state index in [1.54, 1.807) is 20.2 Å². The van der Waals surface area contributed by atoms with Gasteiger partial charge in [0, 0.05) is 14.0 Å². The van der Waals surface area contributed by atoms with Crippen LogP contribution in [0.2, 0.25) is 0 Å². The third-order valence-electron chi connectivity index (χ3n) is 1.28. The molecular weight excluding hydrogens is 144 g/mol.